The molecule has 0 spiro atoms. The fourth-order valence-electron chi connectivity index (χ4n) is 1.57. The van der Waals surface area contributed by atoms with E-state index in [4.69, 9.17) is 5.73 Å². The summed E-state index contributed by atoms with van der Waals surface area (Å²) in [5, 5.41) is 7.97. The smallest absolute Gasteiger partial charge is 0.153 e. The Labute approximate surface area is 76.9 Å². The highest BCUT2D eigenvalue weighted by Gasteiger charge is 2.08. The Balaban J connectivity index is 2.77. The minimum Gasteiger partial charge on any atom is -0.382 e. The SMILES string of the molecule is CC(C)c1cccc2c(N)n[nH]c12. The highest BCUT2D eigenvalue weighted by molar-refractivity contribution is 5.90. The van der Waals surface area contributed by atoms with Crippen LogP contribution in [-0.2, 0) is 0 Å². The van der Waals surface area contributed by atoms with Crippen LogP contribution < -0.4 is 5.73 Å². The van der Waals surface area contributed by atoms with Crippen LogP contribution in [0.2, 0.25) is 0 Å². The monoisotopic (exact) mass is 175 g/mol. The Kier molecular flexibility index (Phi) is 1.72. The number of hydrogen-bond donors (Lipinski definition) is 2. The van der Waals surface area contributed by atoms with Crippen molar-refractivity contribution in [2.24, 2.45) is 0 Å². The van der Waals surface area contributed by atoms with Gasteiger partial charge in [0.25, 0.3) is 0 Å². The average molecular weight is 175 g/mol. The third-order valence-corrected chi connectivity index (χ3v) is 2.28. The maximum absolute atomic E-state index is 5.70. The first-order valence-electron chi connectivity index (χ1n) is 4.42. The summed E-state index contributed by atoms with van der Waals surface area (Å²) < 4.78 is 0. The highest BCUT2D eigenvalue weighted by atomic mass is 15.1. The molecule has 68 valence electrons. The van der Waals surface area contributed by atoms with E-state index in [1.54, 1.807) is 0 Å². The van der Waals surface area contributed by atoms with Crippen LogP contribution in [0.15, 0.2) is 18.2 Å². The lowest BCUT2D eigenvalue weighted by atomic mass is 10.0. The van der Waals surface area contributed by atoms with Crippen LogP contribution in [0.1, 0.15) is 25.3 Å². The Hall–Kier alpha value is -1.51. The largest absolute Gasteiger partial charge is 0.382 e. The number of H-pyrrole nitrogens is 1. The van der Waals surface area contributed by atoms with Gasteiger partial charge in [-0.15, -0.1) is 0 Å². The van der Waals surface area contributed by atoms with Crippen LogP contribution >= 0.6 is 0 Å². The molecule has 13 heavy (non-hydrogen) atoms. The minimum absolute atomic E-state index is 0.489. The fraction of sp³-hybridized carbons (Fsp3) is 0.300. The lowest BCUT2D eigenvalue weighted by molar-refractivity contribution is 0.871. The number of hydrogen-bond acceptors (Lipinski definition) is 2. The number of nitrogens with zero attached hydrogens (tertiary/aromatic N) is 1. The molecular weight excluding hydrogens is 162 g/mol. The molecule has 2 aromatic rings. The molecule has 0 aliphatic carbocycles. The van der Waals surface area contributed by atoms with Gasteiger partial charge in [0.15, 0.2) is 5.82 Å². The number of aromatic nitrogens is 2. The van der Waals surface area contributed by atoms with E-state index < -0.39 is 0 Å². The maximum Gasteiger partial charge on any atom is 0.153 e. The van der Waals surface area contributed by atoms with Crippen LogP contribution in [0.4, 0.5) is 5.82 Å². The molecular formula is C10H13N3. The van der Waals surface area contributed by atoms with Crippen LogP contribution in [0.5, 0.6) is 0 Å². The molecule has 3 heteroatoms. The molecule has 0 amide bonds. The second kappa shape index (κ2) is 2.76. The van der Waals surface area contributed by atoms with E-state index in [9.17, 15) is 0 Å². The molecule has 0 bridgehead atoms. The summed E-state index contributed by atoms with van der Waals surface area (Å²) in [6.45, 7) is 4.32. The van der Waals surface area contributed by atoms with E-state index in [2.05, 4.69) is 30.1 Å². The lowest BCUT2D eigenvalue weighted by Crippen LogP contribution is -1.88. The number of fused-ring (bicyclic) bond motifs is 1. The van der Waals surface area contributed by atoms with E-state index in [1.807, 2.05) is 12.1 Å². The molecule has 1 aromatic carbocycles. The van der Waals surface area contributed by atoms with Crippen molar-refractivity contribution in [3.8, 4) is 0 Å². The van der Waals surface area contributed by atoms with E-state index in [0.29, 0.717) is 11.7 Å². The van der Waals surface area contributed by atoms with Crippen molar-refractivity contribution in [3.63, 3.8) is 0 Å². The minimum atomic E-state index is 0.489. The summed E-state index contributed by atoms with van der Waals surface area (Å²) >= 11 is 0. The van der Waals surface area contributed by atoms with Gasteiger partial charge in [0, 0.05) is 5.39 Å². The van der Waals surface area contributed by atoms with Crippen molar-refractivity contribution in [2.45, 2.75) is 19.8 Å². The number of benzene rings is 1. The number of nitrogen functional groups attached to an aromatic ring is 1. The maximum atomic E-state index is 5.70. The summed E-state index contributed by atoms with van der Waals surface area (Å²) in [6.07, 6.45) is 0. The highest BCUT2D eigenvalue weighted by Crippen LogP contribution is 2.26. The first kappa shape index (κ1) is 8.10. The zero-order chi connectivity index (χ0) is 9.42. The topological polar surface area (TPSA) is 54.7 Å². The molecule has 0 saturated carbocycles. The number of nitrogens with one attached hydrogen (secondary N) is 1. The van der Waals surface area contributed by atoms with E-state index in [-0.39, 0.29) is 0 Å². The van der Waals surface area contributed by atoms with Crippen molar-refractivity contribution >= 4 is 16.7 Å². The predicted molar refractivity (Wildman–Crippen MR) is 54.6 cm³/mol. The zero-order valence-corrected chi connectivity index (χ0v) is 7.83. The van der Waals surface area contributed by atoms with Crippen molar-refractivity contribution in [1.29, 1.82) is 0 Å². The number of aromatic amines is 1. The summed E-state index contributed by atoms with van der Waals surface area (Å²) in [5.41, 5.74) is 8.03. The van der Waals surface area contributed by atoms with Gasteiger partial charge in [-0.25, -0.2) is 0 Å². The Morgan fingerprint density at radius 2 is 2.15 bits per heavy atom. The van der Waals surface area contributed by atoms with Gasteiger partial charge < -0.3 is 5.73 Å². The molecule has 0 fully saturated rings. The van der Waals surface area contributed by atoms with Crippen molar-refractivity contribution < 1.29 is 0 Å². The van der Waals surface area contributed by atoms with E-state index in [0.717, 1.165) is 10.9 Å². The normalized spacial score (nSPS) is 11.3. The van der Waals surface area contributed by atoms with E-state index >= 15 is 0 Å². The Bertz CT molecular complexity index is 429. The summed E-state index contributed by atoms with van der Waals surface area (Å²) in [4.78, 5) is 0. The molecule has 0 atom stereocenters. The van der Waals surface area contributed by atoms with Gasteiger partial charge in [-0.2, -0.15) is 5.10 Å². The first-order valence-corrected chi connectivity index (χ1v) is 4.42. The molecule has 1 aromatic heterocycles. The number of anilines is 1. The molecule has 3 nitrogen and oxygen atoms in total. The molecule has 0 unspecified atom stereocenters. The fourth-order valence-corrected chi connectivity index (χ4v) is 1.57. The first-order chi connectivity index (χ1) is 6.20. The quantitative estimate of drug-likeness (QED) is 0.698. The van der Waals surface area contributed by atoms with Gasteiger partial charge in [0.05, 0.1) is 5.52 Å². The second-order valence-corrected chi connectivity index (χ2v) is 3.53. The van der Waals surface area contributed by atoms with Crippen LogP contribution in [-0.4, -0.2) is 10.2 Å². The molecule has 0 aliphatic rings. The molecule has 0 radical (unpaired) electrons. The summed E-state index contributed by atoms with van der Waals surface area (Å²) in [5.74, 6) is 1.07. The second-order valence-electron chi connectivity index (χ2n) is 3.53. The van der Waals surface area contributed by atoms with Gasteiger partial charge in [-0.3, -0.25) is 5.10 Å². The lowest BCUT2D eigenvalue weighted by Gasteiger charge is -2.05. The number of rotatable bonds is 1. The van der Waals surface area contributed by atoms with Gasteiger partial charge >= 0.3 is 0 Å². The summed E-state index contributed by atoms with van der Waals surface area (Å²) in [7, 11) is 0. The van der Waals surface area contributed by atoms with Crippen LogP contribution in [0.25, 0.3) is 10.9 Å². The average Bonchev–Trinajstić information content (AvgIpc) is 2.48. The molecule has 1 heterocycles. The Morgan fingerprint density at radius 1 is 1.38 bits per heavy atom. The number of nitrogens with two attached hydrogens (primary N) is 1. The van der Waals surface area contributed by atoms with Gasteiger partial charge in [0.2, 0.25) is 0 Å². The number of para-hydroxylation sites is 1. The third kappa shape index (κ3) is 1.16. The summed E-state index contributed by atoms with van der Waals surface area (Å²) in [6, 6.07) is 6.11. The Morgan fingerprint density at radius 3 is 2.85 bits per heavy atom. The molecule has 2 rings (SSSR count). The van der Waals surface area contributed by atoms with Gasteiger partial charge in [-0.05, 0) is 17.5 Å². The zero-order valence-electron chi connectivity index (χ0n) is 7.83. The predicted octanol–water partition coefficient (Wildman–Crippen LogP) is 2.27. The van der Waals surface area contributed by atoms with Crippen molar-refractivity contribution in [3.05, 3.63) is 23.8 Å². The van der Waals surface area contributed by atoms with E-state index in [1.165, 1.54) is 5.56 Å². The molecule has 0 saturated heterocycles. The van der Waals surface area contributed by atoms with Gasteiger partial charge in [-0.1, -0.05) is 26.0 Å². The van der Waals surface area contributed by atoms with Crippen LogP contribution in [0.3, 0.4) is 0 Å². The van der Waals surface area contributed by atoms with Crippen molar-refractivity contribution in [1.82, 2.24) is 10.2 Å². The standard InChI is InChI=1S/C10H13N3/c1-6(2)7-4-3-5-8-9(7)12-13-10(8)11/h3-6H,1-2H3,(H3,11,12,13). The molecule has 0 aliphatic heterocycles. The molecule has 3 N–H and O–H groups in total. The van der Waals surface area contributed by atoms with Crippen LogP contribution in [0, 0.1) is 0 Å². The van der Waals surface area contributed by atoms with Gasteiger partial charge in [0.1, 0.15) is 0 Å². The van der Waals surface area contributed by atoms with Crippen molar-refractivity contribution in [2.75, 3.05) is 5.73 Å². The third-order valence-electron chi connectivity index (χ3n) is 2.28.